The number of carbonyl (C=O) groups excluding carboxylic acids is 3. The van der Waals surface area contributed by atoms with Gasteiger partial charge in [-0.3, -0.25) is 19.9 Å². The molecule has 0 atom stereocenters. The Kier molecular flexibility index (Phi) is 8.93. The van der Waals surface area contributed by atoms with Crippen LogP contribution in [0.4, 0.5) is 16.2 Å². The molecule has 0 aliphatic carbocycles. The molecule has 0 unspecified atom stereocenters. The third kappa shape index (κ3) is 8.89. The van der Waals surface area contributed by atoms with Gasteiger partial charge in [0.25, 0.3) is 5.91 Å². The zero-order valence-corrected chi connectivity index (χ0v) is 20.1. The maximum atomic E-state index is 12.7. The summed E-state index contributed by atoms with van der Waals surface area (Å²) in [5.41, 5.74) is 1.24. The molecule has 0 aliphatic rings. The van der Waals surface area contributed by atoms with E-state index < -0.39 is 17.6 Å². The van der Waals surface area contributed by atoms with Gasteiger partial charge in [-0.05, 0) is 58.6 Å². The van der Waals surface area contributed by atoms with Crippen LogP contribution in [0.1, 0.15) is 43.7 Å². The predicted octanol–water partition coefficient (Wildman–Crippen LogP) is 3.59. The van der Waals surface area contributed by atoms with Crippen LogP contribution in [0.3, 0.4) is 0 Å². The topological polar surface area (TPSA) is 104 Å². The van der Waals surface area contributed by atoms with E-state index in [9.17, 15) is 14.4 Å². The molecule has 178 valence electrons. The molecular formula is C24H33N5O4. The zero-order valence-electron chi connectivity index (χ0n) is 20.1. The average Bonchev–Trinajstić information content (AvgIpc) is 2.71. The van der Waals surface area contributed by atoms with Crippen molar-refractivity contribution in [2.45, 2.75) is 39.8 Å². The molecule has 0 spiro atoms. The fraction of sp³-hybridized carbons (Fsp3) is 0.417. The van der Waals surface area contributed by atoms with Crippen LogP contribution in [0, 0.1) is 0 Å². The number of anilines is 2. The first-order valence-corrected chi connectivity index (χ1v) is 10.7. The molecular weight excluding hydrogens is 422 g/mol. The molecule has 1 heterocycles. The van der Waals surface area contributed by atoms with Crippen molar-refractivity contribution in [2.75, 3.05) is 37.8 Å². The molecule has 0 saturated heterocycles. The molecule has 0 bridgehead atoms. The van der Waals surface area contributed by atoms with Gasteiger partial charge in [-0.25, -0.2) is 4.79 Å². The molecule has 2 aromatic rings. The second-order valence-electron chi connectivity index (χ2n) is 8.92. The average molecular weight is 456 g/mol. The first-order chi connectivity index (χ1) is 15.4. The minimum Gasteiger partial charge on any atom is -0.444 e. The van der Waals surface area contributed by atoms with Gasteiger partial charge in [-0.1, -0.05) is 18.2 Å². The van der Waals surface area contributed by atoms with Crippen molar-refractivity contribution in [3.8, 4) is 0 Å². The van der Waals surface area contributed by atoms with Crippen LogP contribution in [-0.2, 0) is 16.1 Å². The number of nitrogens with one attached hydrogen (secondary N) is 2. The van der Waals surface area contributed by atoms with Crippen LogP contribution in [0.25, 0.3) is 0 Å². The van der Waals surface area contributed by atoms with Crippen LogP contribution in [-0.4, -0.2) is 65.5 Å². The minimum absolute atomic E-state index is 0.0206. The highest BCUT2D eigenvalue weighted by molar-refractivity contribution is 6.05. The summed E-state index contributed by atoms with van der Waals surface area (Å²) in [4.78, 5) is 44.7. The molecule has 2 rings (SSSR count). The largest absolute Gasteiger partial charge is 0.444 e. The van der Waals surface area contributed by atoms with Gasteiger partial charge >= 0.3 is 6.09 Å². The van der Waals surface area contributed by atoms with Crippen LogP contribution in [0.15, 0.2) is 42.6 Å². The smallest absolute Gasteiger partial charge is 0.412 e. The number of amides is 3. The summed E-state index contributed by atoms with van der Waals surface area (Å²) in [6.07, 6.45) is 0.974. The minimum atomic E-state index is -0.641. The van der Waals surface area contributed by atoms with Gasteiger partial charge in [0.15, 0.2) is 0 Å². The number of para-hydroxylation sites is 2. The summed E-state index contributed by atoms with van der Waals surface area (Å²) in [6, 6.07) is 10.2. The monoisotopic (exact) mass is 455 g/mol. The molecule has 9 nitrogen and oxygen atoms in total. The molecule has 9 heteroatoms. The summed E-state index contributed by atoms with van der Waals surface area (Å²) >= 11 is 0. The molecule has 3 amide bonds. The predicted molar refractivity (Wildman–Crippen MR) is 128 cm³/mol. The normalized spacial score (nSPS) is 11.1. The van der Waals surface area contributed by atoms with Gasteiger partial charge in [0.1, 0.15) is 11.3 Å². The number of hydrogen-bond donors (Lipinski definition) is 2. The fourth-order valence-corrected chi connectivity index (χ4v) is 2.84. The summed E-state index contributed by atoms with van der Waals surface area (Å²) < 4.78 is 5.27. The van der Waals surface area contributed by atoms with E-state index in [0.29, 0.717) is 24.5 Å². The third-order valence-electron chi connectivity index (χ3n) is 4.50. The van der Waals surface area contributed by atoms with E-state index in [1.54, 1.807) is 68.3 Å². The van der Waals surface area contributed by atoms with E-state index in [-0.39, 0.29) is 11.6 Å². The van der Waals surface area contributed by atoms with E-state index in [1.165, 1.54) is 6.92 Å². The van der Waals surface area contributed by atoms with Crippen molar-refractivity contribution < 1.29 is 19.1 Å². The Morgan fingerprint density at radius 3 is 2.12 bits per heavy atom. The van der Waals surface area contributed by atoms with E-state index in [2.05, 4.69) is 15.6 Å². The number of ether oxygens (including phenoxy) is 1. The van der Waals surface area contributed by atoms with Crippen molar-refractivity contribution in [1.82, 2.24) is 14.8 Å². The summed E-state index contributed by atoms with van der Waals surface area (Å²) in [5, 5.41) is 5.41. The van der Waals surface area contributed by atoms with Crippen LogP contribution >= 0.6 is 0 Å². The molecule has 0 saturated carbocycles. The van der Waals surface area contributed by atoms with Crippen molar-refractivity contribution in [3.05, 3.63) is 53.9 Å². The molecule has 0 aliphatic heterocycles. The van der Waals surface area contributed by atoms with Gasteiger partial charge in [0.2, 0.25) is 5.91 Å². The van der Waals surface area contributed by atoms with E-state index in [0.717, 1.165) is 12.1 Å². The third-order valence-corrected chi connectivity index (χ3v) is 4.50. The van der Waals surface area contributed by atoms with Gasteiger partial charge in [-0.2, -0.15) is 0 Å². The first kappa shape index (κ1) is 25.8. The number of benzene rings is 1. The quantitative estimate of drug-likeness (QED) is 0.630. The number of carbonyl (C=O) groups is 3. The maximum Gasteiger partial charge on any atom is 0.412 e. The van der Waals surface area contributed by atoms with Crippen molar-refractivity contribution in [1.29, 1.82) is 0 Å². The maximum absolute atomic E-state index is 12.7. The van der Waals surface area contributed by atoms with Gasteiger partial charge in [0.05, 0.1) is 11.4 Å². The van der Waals surface area contributed by atoms with Crippen molar-refractivity contribution >= 4 is 29.3 Å². The zero-order chi connectivity index (χ0) is 24.6. The molecule has 0 radical (unpaired) electrons. The van der Waals surface area contributed by atoms with Crippen LogP contribution in [0.2, 0.25) is 0 Å². The number of aromatic nitrogens is 1. The van der Waals surface area contributed by atoms with E-state index in [4.69, 9.17) is 4.74 Å². The fourth-order valence-electron chi connectivity index (χ4n) is 2.84. The summed E-state index contributed by atoms with van der Waals surface area (Å²) in [7, 11) is 3.91. The highest BCUT2D eigenvalue weighted by atomic mass is 16.6. The Labute approximate surface area is 195 Å². The van der Waals surface area contributed by atoms with Crippen molar-refractivity contribution in [3.63, 3.8) is 0 Å². The Bertz CT molecular complexity index is 968. The molecule has 1 aromatic carbocycles. The Balaban J connectivity index is 2.05. The number of rotatable bonds is 8. The molecule has 33 heavy (non-hydrogen) atoms. The first-order valence-electron chi connectivity index (χ1n) is 10.7. The molecule has 1 aromatic heterocycles. The lowest BCUT2D eigenvalue weighted by molar-refractivity contribution is -0.129. The molecule has 2 N–H and O–H groups in total. The van der Waals surface area contributed by atoms with Gasteiger partial charge in [0, 0.05) is 32.8 Å². The summed E-state index contributed by atoms with van der Waals surface area (Å²) in [5.74, 6) is -0.441. The number of likely N-dealkylation sites (N-methyl/N-ethyl adjacent to an activating group) is 1. The second-order valence-corrected chi connectivity index (χ2v) is 8.92. The Morgan fingerprint density at radius 2 is 1.61 bits per heavy atom. The number of pyridine rings is 1. The number of hydrogen-bond acceptors (Lipinski definition) is 6. The van der Waals surface area contributed by atoms with Crippen LogP contribution in [0.5, 0.6) is 0 Å². The lowest BCUT2D eigenvalue weighted by Crippen LogP contribution is -2.34. The highest BCUT2D eigenvalue weighted by Gasteiger charge is 2.18. The second kappa shape index (κ2) is 11.4. The SMILES string of the molecule is CC(=O)N(CCN(C)C)Cc1ccc(C(=O)Nc2ccccc2NC(=O)OC(C)(C)C)nc1. The van der Waals surface area contributed by atoms with E-state index in [1.807, 2.05) is 19.0 Å². The van der Waals surface area contributed by atoms with Gasteiger partial charge in [-0.15, -0.1) is 0 Å². The lowest BCUT2D eigenvalue weighted by Gasteiger charge is -2.23. The van der Waals surface area contributed by atoms with Crippen molar-refractivity contribution in [2.24, 2.45) is 0 Å². The molecule has 0 fully saturated rings. The van der Waals surface area contributed by atoms with Gasteiger partial charge < -0.3 is 19.9 Å². The highest BCUT2D eigenvalue weighted by Crippen LogP contribution is 2.22. The van der Waals surface area contributed by atoms with E-state index >= 15 is 0 Å². The lowest BCUT2D eigenvalue weighted by atomic mass is 10.2. The Hall–Kier alpha value is -3.46. The summed E-state index contributed by atoms with van der Waals surface area (Å²) in [6.45, 7) is 8.62. The standard InChI is InChI=1S/C24H33N5O4/c1-17(30)29(14-13-28(5)6)16-18-11-12-21(25-15-18)22(31)26-19-9-7-8-10-20(19)27-23(32)33-24(2,3)4/h7-12,15H,13-14,16H2,1-6H3,(H,26,31)(H,27,32). The number of nitrogens with zero attached hydrogens (tertiary/aromatic N) is 3. The Morgan fingerprint density at radius 1 is 0.970 bits per heavy atom. The van der Waals surface area contributed by atoms with Crippen LogP contribution < -0.4 is 10.6 Å².